The van der Waals surface area contributed by atoms with Gasteiger partial charge in [-0.15, -0.1) is 0 Å². The zero-order valence-corrected chi connectivity index (χ0v) is 17.3. The first-order valence-corrected chi connectivity index (χ1v) is 8.45. The minimum absolute atomic E-state index is 0.923. The molecule has 0 saturated heterocycles. The molecular weight excluding hydrogens is 607 g/mol. The highest BCUT2D eigenvalue weighted by molar-refractivity contribution is 14.1. The van der Waals surface area contributed by atoms with E-state index in [-0.39, 0.29) is 0 Å². The molecule has 0 unspecified atom stereocenters. The smallest absolute Gasteiger partial charge is 0.434 e. The van der Waals surface area contributed by atoms with Gasteiger partial charge >= 0.3 is 42.6 Å². The summed E-state index contributed by atoms with van der Waals surface area (Å²) in [5, 5.41) is 0. The van der Waals surface area contributed by atoms with Crippen LogP contribution in [0.2, 0.25) is 0 Å². The lowest BCUT2D eigenvalue weighted by atomic mass is 10.2. The van der Waals surface area contributed by atoms with Gasteiger partial charge in [0.25, 0.3) is 18.3 Å². The maximum Gasteiger partial charge on any atom is 0.434 e. The molecule has 19 heteroatoms. The Hall–Kier alpha value is -1.70. The molecule has 0 aliphatic heterocycles. The van der Waals surface area contributed by atoms with E-state index < -0.39 is 64.3 Å². The number of hydrogen-bond donors (Lipinski definition) is 0. The molecule has 0 fully saturated rings. The molecule has 0 bridgehead atoms. The summed E-state index contributed by atoms with van der Waals surface area (Å²) >= 11 is 1.19. The Labute approximate surface area is 182 Å². The van der Waals surface area contributed by atoms with Crippen molar-refractivity contribution in [1.82, 2.24) is 0 Å². The van der Waals surface area contributed by atoms with E-state index in [1.165, 1.54) is 22.6 Å². The van der Waals surface area contributed by atoms with Crippen molar-refractivity contribution in [3.05, 3.63) is 0 Å². The van der Waals surface area contributed by atoms with Gasteiger partial charge in [0, 0.05) is 0 Å². The molecule has 0 saturated carbocycles. The number of carbonyl (C=O) groups is 3. The normalized spacial score (nSPS) is 14.1. The number of carbonyl (C=O) groups excluding carboxylic acids is 3. The summed E-state index contributed by atoms with van der Waals surface area (Å²) in [6.07, 6.45) is -39.2. The molecule has 0 aliphatic carbocycles. The largest absolute Gasteiger partial charge is 0.440 e. The van der Waals surface area contributed by atoms with Crippen LogP contribution in [0, 0.1) is 0 Å². The number of rotatable bonds is 6. The fourth-order valence-electron chi connectivity index (χ4n) is 1.43. The lowest BCUT2D eigenvalue weighted by molar-refractivity contribution is -0.319. The Morgan fingerprint density at radius 1 is 0.594 bits per heavy atom. The Balaban J connectivity index is 6.15. The van der Waals surface area contributed by atoms with Crippen LogP contribution in [0.1, 0.15) is 13.8 Å². The Morgan fingerprint density at radius 3 is 1.03 bits per heavy atom. The third-order valence-electron chi connectivity index (χ3n) is 2.80. The SMILES string of the molecule is CC(C)(I)C(=O)OC(C(=O)OC(C(F)(F)F)C(F)(F)F)C(=O)OC(C(F)(F)F)C(F)(F)F. The second-order valence-electron chi connectivity index (χ2n) is 6.06. The molecule has 0 atom stereocenters. The number of alkyl halides is 13. The van der Waals surface area contributed by atoms with Crippen molar-refractivity contribution in [3.8, 4) is 0 Å². The highest BCUT2D eigenvalue weighted by Crippen LogP contribution is 2.38. The van der Waals surface area contributed by atoms with E-state index in [0.717, 1.165) is 13.8 Å². The molecule has 0 rings (SSSR count). The molecule has 6 nitrogen and oxygen atoms in total. The van der Waals surface area contributed by atoms with Crippen LogP contribution in [0.15, 0.2) is 0 Å². The molecule has 0 aromatic heterocycles. The first kappa shape index (κ1) is 30.3. The molecule has 0 spiro atoms. The van der Waals surface area contributed by atoms with Crippen molar-refractivity contribution >= 4 is 40.5 Å². The number of hydrogen-bond acceptors (Lipinski definition) is 6. The van der Waals surface area contributed by atoms with Gasteiger partial charge in [0.2, 0.25) is 0 Å². The van der Waals surface area contributed by atoms with Gasteiger partial charge in [-0.2, -0.15) is 52.7 Å². The summed E-state index contributed by atoms with van der Waals surface area (Å²) in [6, 6.07) is 0. The molecule has 0 aromatic carbocycles. The predicted molar refractivity (Wildman–Crippen MR) is 82.0 cm³/mol. The fraction of sp³-hybridized carbons (Fsp3) is 0.769. The van der Waals surface area contributed by atoms with Gasteiger partial charge in [-0.25, -0.2) is 9.59 Å². The lowest BCUT2D eigenvalue weighted by Crippen LogP contribution is -2.52. The molecule has 0 amide bonds. The van der Waals surface area contributed by atoms with Crippen molar-refractivity contribution < 1.29 is 81.3 Å². The van der Waals surface area contributed by atoms with Crippen molar-refractivity contribution in [1.29, 1.82) is 0 Å². The van der Waals surface area contributed by atoms with Crippen molar-refractivity contribution in [2.75, 3.05) is 0 Å². The van der Waals surface area contributed by atoms with E-state index in [0.29, 0.717) is 0 Å². The van der Waals surface area contributed by atoms with Crippen LogP contribution in [0.25, 0.3) is 0 Å². The van der Waals surface area contributed by atoms with Crippen molar-refractivity contribution in [3.63, 3.8) is 0 Å². The van der Waals surface area contributed by atoms with Gasteiger partial charge in [-0.3, -0.25) is 4.79 Å². The first-order chi connectivity index (χ1) is 13.8. The number of halogens is 13. The van der Waals surface area contributed by atoms with Gasteiger partial charge in [0.1, 0.15) is 3.42 Å². The molecule has 0 radical (unpaired) electrons. The molecule has 0 aromatic rings. The Bertz CT molecular complexity index is 629. The molecular formula is C13H9F12IO6. The van der Waals surface area contributed by atoms with E-state index in [4.69, 9.17) is 0 Å². The van der Waals surface area contributed by atoms with E-state index >= 15 is 0 Å². The Morgan fingerprint density at radius 2 is 0.844 bits per heavy atom. The van der Waals surface area contributed by atoms with Gasteiger partial charge in [-0.05, 0) is 13.8 Å². The third kappa shape index (κ3) is 9.04. The monoisotopic (exact) mass is 616 g/mol. The molecule has 0 aliphatic rings. The summed E-state index contributed by atoms with van der Waals surface area (Å²) in [5.41, 5.74) is 0. The molecule has 0 N–H and O–H groups in total. The second-order valence-corrected chi connectivity index (χ2v) is 8.75. The quantitative estimate of drug-likeness (QED) is 0.111. The highest BCUT2D eigenvalue weighted by atomic mass is 127. The maximum absolute atomic E-state index is 12.5. The number of esters is 3. The molecule has 188 valence electrons. The van der Waals surface area contributed by atoms with E-state index in [2.05, 4.69) is 14.2 Å². The van der Waals surface area contributed by atoms with Gasteiger partial charge in [-0.1, -0.05) is 22.6 Å². The minimum atomic E-state index is -6.38. The first-order valence-electron chi connectivity index (χ1n) is 7.37. The lowest BCUT2D eigenvalue weighted by Gasteiger charge is -2.27. The zero-order valence-electron chi connectivity index (χ0n) is 15.1. The van der Waals surface area contributed by atoms with Crippen LogP contribution in [-0.4, -0.2) is 64.3 Å². The molecule has 32 heavy (non-hydrogen) atoms. The summed E-state index contributed by atoms with van der Waals surface area (Å²) in [7, 11) is 0. The van der Waals surface area contributed by atoms with Crippen LogP contribution < -0.4 is 0 Å². The van der Waals surface area contributed by atoms with Crippen LogP contribution in [0.4, 0.5) is 52.7 Å². The summed E-state index contributed by atoms with van der Waals surface area (Å²) in [5.74, 6) is -8.00. The summed E-state index contributed by atoms with van der Waals surface area (Å²) < 4.78 is 158. The average Bonchev–Trinajstić information content (AvgIpc) is 2.49. The zero-order chi connectivity index (χ0) is 26.1. The minimum Gasteiger partial charge on any atom is -0.440 e. The van der Waals surface area contributed by atoms with E-state index in [1.807, 2.05) is 0 Å². The third-order valence-corrected chi connectivity index (χ3v) is 3.24. The van der Waals surface area contributed by atoms with Gasteiger partial charge in [0.15, 0.2) is 0 Å². The van der Waals surface area contributed by atoms with Gasteiger partial charge in [0.05, 0.1) is 0 Å². The topological polar surface area (TPSA) is 78.9 Å². The van der Waals surface area contributed by atoms with Crippen LogP contribution >= 0.6 is 22.6 Å². The molecule has 0 heterocycles. The van der Waals surface area contributed by atoms with Crippen LogP contribution in [-0.2, 0) is 28.6 Å². The van der Waals surface area contributed by atoms with Crippen LogP contribution in [0.5, 0.6) is 0 Å². The van der Waals surface area contributed by atoms with Crippen molar-refractivity contribution in [2.24, 2.45) is 0 Å². The van der Waals surface area contributed by atoms with E-state index in [9.17, 15) is 67.1 Å². The number of ether oxygens (including phenoxy) is 3. The standard InChI is InChI=1S/C13H9F12IO6/c1-9(2,26)8(29)30-3(4(27)31-6(10(14,15)16)11(17,18)19)5(28)32-7(12(20,21)22)13(23,24)25/h3,6-7H,1-2H3. The van der Waals surface area contributed by atoms with E-state index in [1.54, 1.807) is 0 Å². The second kappa shape index (κ2) is 9.65. The summed E-state index contributed by atoms with van der Waals surface area (Å²) in [4.78, 5) is 35.0. The fourth-order valence-corrected chi connectivity index (χ4v) is 1.56. The van der Waals surface area contributed by atoms with Crippen LogP contribution in [0.3, 0.4) is 0 Å². The Kier molecular flexibility index (Phi) is 9.14. The predicted octanol–water partition coefficient (Wildman–Crippen LogP) is 4.18. The van der Waals surface area contributed by atoms with Crippen molar-refractivity contribution in [2.45, 2.75) is 60.3 Å². The summed E-state index contributed by atoms with van der Waals surface area (Å²) in [6.45, 7) is 1.85. The maximum atomic E-state index is 12.5. The highest BCUT2D eigenvalue weighted by Gasteiger charge is 2.63. The average molecular weight is 616 g/mol. The van der Waals surface area contributed by atoms with Gasteiger partial charge < -0.3 is 14.2 Å².